The summed E-state index contributed by atoms with van der Waals surface area (Å²) in [6.07, 6.45) is 2.54. The quantitative estimate of drug-likeness (QED) is 0.493. The lowest BCUT2D eigenvalue weighted by molar-refractivity contribution is 0.0795. The van der Waals surface area contributed by atoms with E-state index in [0.29, 0.717) is 24.5 Å². The van der Waals surface area contributed by atoms with Gasteiger partial charge in [0.1, 0.15) is 5.82 Å². The third-order valence-corrected chi connectivity index (χ3v) is 8.13. The molecule has 3 rings (SSSR count). The highest BCUT2D eigenvalue weighted by Crippen LogP contribution is 2.27. The zero-order chi connectivity index (χ0) is 24.2. The van der Waals surface area contributed by atoms with Gasteiger partial charge in [0.15, 0.2) is 0 Å². The van der Waals surface area contributed by atoms with Gasteiger partial charge in [0, 0.05) is 40.8 Å². The first-order chi connectivity index (χ1) is 15.6. The Morgan fingerprint density at radius 3 is 2.64 bits per heavy atom. The fourth-order valence-electron chi connectivity index (χ4n) is 4.52. The van der Waals surface area contributed by atoms with Crippen molar-refractivity contribution in [1.29, 1.82) is 0 Å². The van der Waals surface area contributed by atoms with E-state index in [4.69, 9.17) is 5.73 Å². The van der Waals surface area contributed by atoms with Gasteiger partial charge in [-0.2, -0.15) is 0 Å². The molecule has 4 N–H and O–H groups in total. The number of halogens is 1. The van der Waals surface area contributed by atoms with Crippen LogP contribution < -0.4 is 11.1 Å². The molecule has 1 unspecified atom stereocenters. The van der Waals surface area contributed by atoms with Crippen molar-refractivity contribution in [3.05, 3.63) is 64.5 Å². The summed E-state index contributed by atoms with van der Waals surface area (Å²) in [6, 6.07) is 11.6. The minimum Gasteiger partial charge on any atom is -0.396 e. The van der Waals surface area contributed by atoms with Crippen LogP contribution in [0.1, 0.15) is 62.8 Å². The van der Waals surface area contributed by atoms with Gasteiger partial charge in [0.05, 0.1) is 11.8 Å². The van der Waals surface area contributed by atoms with Crippen LogP contribution in [-0.4, -0.2) is 33.0 Å². The van der Waals surface area contributed by atoms with Crippen molar-refractivity contribution < 1.29 is 13.7 Å². The number of nitrogens with two attached hydrogens (primary N) is 1. The van der Waals surface area contributed by atoms with Crippen LogP contribution in [0.2, 0.25) is 0 Å². The second-order valence-electron chi connectivity index (χ2n) is 10.4. The molecule has 1 fully saturated rings. The van der Waals surface area contributed by atoms with Gasteiger partial charge in [-0.3, -0.25) is 4.21 Å². The normalized spacial score (nSPS) is 23.6. The third kappa shape index (κ3) is 6.87. The van der Waals surface area contributed by atoms with E-state index in [1.807, 2.05) is 6.07 Å². The average Bonchev–Trinajstić information content (AvgIpc) is 2.76. The Kier molecular flexibility index (Phi) is 8.70. The highest BCUT2D eigenvalue weighted by Gasteiger charge is 2.35. The first-order valence-electron chi connectivity index (χ1n) is 12.0. The third-order valence-electron chi connectivity index (χ3n) is 6.59. The molecule has 1 heterocycles. The van der Waals surface area contributed by atoms with Crippen LogP contribution in [0, 0.1) is 11.7 Å². The molecule has 6 heteroatoms. The first kappa shape index (κ1) is 25.9. The Morgan fingerprint density at radius 1 is 1.18 bits per heavy atom. The molecule has 182 valence electrons. The van der Waals surface area contributed by atoms with Gasteiger partial charge < -0.3 is 16.2 Å². The summed E-state index contributed by atoms with van der Waals surface area (Å²) in [7, 11) is -1.03. The smallest absolute Gasteiger partial charge is 0.146 e. The number of hydrogen-bond donors (Lipinski definition) is 3. The number of hydrogen-bond acceptors (Lipinski definition) is 4. The second kappa shape index (κ2) is 11.1. The maximum Gasteiger partial charge on any atom is 0.146 e. The molecular weight excluding hydrogens is 435 g/mol. The highest BCUT2D eigenvalue weighted by atomic mass is 32.2. The minimum atomic E-state index is -1.03. The number of anilines is 1. The fraction of sp³-hybridized carbons (Fsp3) is 0.556. The maximum atomic E-state index is 14.4. The number of nitrogens with one attached hydrogen (secondary N) is 1. The van der Waals surface area contributed by atoms with Crippen LogP contribution in [0.25, 0.3) is 0 Å². The number of unbranched alkanes of at least 4 members (excludes halogenated alkanes) is 1. The van der Waals surface area contributed by atoms with E-state index in [1.54, 1.807) is 0 Å². The van der Waals surface area contributed by atoms with E-state index in [9.17, 15) is 13.7 Å². The summed E-state index contributed by atoms with van der Waals surface area (Å²) in [4.78, 5) is 0. The van der Waals surface area contributed by atoms with Crippen molar-refractivity contribution in [2.24, 2.45) is 5.92 Å². The number of aryl methyl sites for hydroxylation is 1. The van der Waals surface area contributed by atoms with Crippen molar-refractivity contribution in [1.82, 2.24) is 5.32 Å². The fourth-order valence-corrected chi connectivity index (χ4v) is 6.16. The number of benzene rings is 2. The molecule has 1 aliphatic rings. The average molecular weight is 475 g/mol. The summed E-state index contributed by atoms with van der Waals surface area (Å²) in [6.45, 7) is 9.26. The minimum absolute atomic E-state index is 0.0668. The molecule has 0 spiro atoms. The van der Waals surface area contributed by atoms with Crippen LogP contribution in [0.15, 0.2) is 36.4 Å². The molecule has 0 aromatic heterocycles. The van der Waals surface area contributed by atoms with Gasteiger partial charge in [-0.25, -0.2) is 4.39 Å². The van der Waals surface area contributed by atoms with E-state index in [2.05, 4.69) is 57.3 Å². The summed E-state index contributed by atoms with van der Waals surface area (Å²) in [5.74, 6) is 0.252. The van der Waals surface area contributed by atoms with E-state index >= 15 is 0 Å². The summed E-state index contributed by atoms with van der Waals surface area (Å²) in [5, 5.41) is 14.5. The molecule has 0 amide bonds. The van der Waals surface area contributed by atoms with E-state index < -0.39 is 22.7 Å². The number of aliphatic hydroxyl groups excluding tert-OH is 1. The Bertz CT molecular complexity index is 973. The van der Waals surface area contributed by atoms with Crippen LogP contribution in [0.5, 0.6) is 0 Å². The molecule has 1 saturated heterocycles. The lowest BCUT2D eigenvalue weighted by Gasteiger charge is -2.35. The van der Waals surface area contributed by atoms with Crippen molar-refractivity contribution in [2.75, 3.05) is 17.2 Å². The molecule has 2 aromatic carbocycles. The van der Waals surface area contributed by atoms with Gasteiger partial charge in [0.25, 0.3) is 0 Å². The van der Waals surface area contributed by atoms with Crippen molar-refractivity contribution >= 4 is 16.5 Å². The van der Waals surface area contributed by atoms with Crippen molar-refractivity contribution in [3.8, 4) is 0 Å². The molecule has 2 aromatic rings. The van der Waals surface area contributed by atoms with E-state index in [-0.39, 0.29) is 23.1 Å². The Balaban J connectivity index is 1.69. The van der Waals surface area contributed by atoms with Gasteiger partial charge in [-0.1, -0.05) is 64.4 Å². The number of rotatable bonds is 8. The zero-order valence-corrected chi connectivity index (χ0v) is 21.2. The summed E-state index contributed by atoms with van der Waals surface area (Å²) >= 11 is 0. The Hall–Kier alpha value is -1.76. The molecule has 4 nitrogen and oxygen atoms in total. The zero-order valence-electron chi connectivity index (χ0n) is 20.4. The lowest BCUT2D eigenvalue weighted by Crippen LogP contribution is -2.53. The van der Waals surface area contributed by atoms with Gasteiger partial charge >= 0.3 is 0 Å². The van der Waals surface area contributed by atoms with Crippen molar-refractivity contribution in [2.45, 2.75) is 77.5 Å². The van der Waals surface area contributed by atoms with Gasteiger partial charge in [0.2, 0.25) is 0 Å². The van der Waals surface area contributed by atoms with Crippen LogP contribution in [0.3, 0.4) is 0 Å². The lowest BCUT2D eigenvalue weighted by atomic mass is 9.86. The molecule has 0 saturated carbocycles. The SMILES string of the molecule is CCCCc1cc(C[C@@H]2CS(=O)C[C@@H](NCc3cccc(C(C)(C)C)c3)[C@@H]2O)cc(F)c1N. The summed E-state index contributed by atoms with van der Waals surface area (Å²) in [5.41, 5.74) is 10.3. The first-order valence-corrected chi connectivity index (χ1v) is 13.5. The Labute approximate surface area is 200 Å². The predicted molar refractivity (Wildman–Crippen MR) is 136 cm³/mol. The maximum absolute atomic E-state index is 14.4. The molecule has 1 aliphatic heterocycles. The molecule has 33 heavy (non-hydrogen) atoms. The van der Waals surface area contributed by atoms with Crippen LogP contribution >= 0.6 is 0 Å². The predicted octanol–water partition coefficient (Wildman–Crippen LogP) is 4.49. The highest BCUT2D eigenvalue weighted by molar-refractivity contribution is 7.85. The molecule has 0 bridgehead atoms. The van der Waals surface area contributed by atoms with Crippen molar-refractivity contribution in [3.63, 3.8) is 0 Å². The van der Waals surface area contributed by atoms with Crippen LogP contribution in [0.4, 0.5) is 10.1 Å². The second-order valence-corrected chi connectivity index (χ2v) is 12.0. The van der Waals surface area contributed by atoms with Crippen LogP contribution in [-0.2, 0) is 35.6 Å². The molecule has 0 aliphatic carbocycles. The topological polar surface area (TPSA) is 75.3 Å². The number of nitrogen functional groups attached to an aromatic ring is 1. The standard InChI is InChI=1S/C27H39FN2O2S/c1-5-6-9-20-11-19(14-23(28)25(20)29)12-21-16-33(32)17-24(26(21)31)30-15-18-8-7-10-22(13-18)27(2,3)4/h7-8,10-11,13-14,21,24,26,30-31H,5-6,9,12,15-17,29H2,1-4H3/t21-,24-,26-,33?/m1/s1. The molecule has 0 radical (unpaired) electrons. The van der Waals surface area contributed by atoms with E-state index in [0.717, 1.165) is 36.0 Å². The van der Waals surface area contributed by atoms with Gasteiger partial charge in [-0.05, 0) is 53.0 Å². The number of aliphatic hydroxyl groups is 1. The molecule has 4 atom stereocenters. The Morgan fingerprint density at radius 2 is 1.94 bits per heavy atom. The summed E-state index contributed by atoms with van der Waals surface area (Å²) < 4.78 is 27.0. The van der Waals surface area contributed by atoms with E-state index in [1.165, 1.54) is 11.6 Å². The molecular formula is C27H39FN2O2S. The largest absolute Gasteiger partial charge is 0.396 e. The monoisotopic (exact) mass is 474 g/mol. The van der Waals surface area contributed by atoms with Gasteiger partial charge in [-0.15, -0.1) is 0 Å².